The third kappa shape index (κ3) is 5.24. The Morgan fingerprint density at radius 1 is 1.10 bits per heavy atom. The molecule has 1 atom stereocenters. The Balaban J connectivity index is 1.71. The van der Waals surface area contributed by atoms with Crippen LogP contribution in [0.3, 0.4) is 0 Å². The first-order chi connectivity index (χ1) is 19.8. The number of hydrogen-bond acceptors (Lipinski definition) is 8. The predicted octanol–water partition coefficient (Wildman–Crippen LogP) is 4.89. The lowest BCUT2D eigenvalue weighted by Gasteiger charge is -2.41. The van der Waals surface area contributed by atoms with Crippen LogP contribution in [0.2, 0.25) is 0 Å². The van der Waals surface area contributed by atoms with Gasteiger partial charge in [-0.25, -0.2) is 27.9 Å². The smallest absolute Gasteiger partial charge is 0.410 e. The number of phenolic OH excluding ortho intramolecular Hbond substituents is 1. The third-order valence-corrected chi connectivity index (χ3v) is 7.11. The van der Waals surface area contributed by atoms with Gasteiger partial charge in [0.15, 0.2) is 11.5 Å². The Morgan fingerprint density at radius 2 is 1.83 bits per heavy atom. The number of aromatic nitrogens is 4. The van der Waals surface area contributed by atoms with Crippen molar-refractivity contribution in [2.24, 2.45) is 0 Å². The molecule has 1 aliphatic heterocycles. The van der Waals surface area contributed by atoms with Crippen molar-refractivity contribution in [2.75, 3.05) is 24.5 Å². The summed E-state index contributed by atoms with van der Waals surface area (Å²) in [6, 6.07) is 6.17. The van der Waals surface area contributed by atoms with Crippen LogP contribution in [0.1, 0.15) is 39.0 Å². The highest BCUT2D eigenvalue weighted by Gasteiger charge is 2.33. The summed E-state index contributed by atoms with van der Waals surface area (Å²) in [5.74, 6) is -2.09. The predicted molar refractivity (Wildman–Crippen MR) is 154 cm³/mol. The highest BCUT2D eigenvalue weighted by atomic mass is 19.1. The molecule has 1 N–H and O–H groups in total. The Kier molecular flexibility index (Phi) is 7.33. The summed E-state index contributed by atoms with van der Waals surface area (Å²) in [4.78, 5) is 43.0. The quantitative estimate of drug-likeness (QED) is 0.366. The molecule has 0 bridgehead atoms. The molecular weight excluding hydrogens is 546 g/mol. The van der Waals surface area contributed by atoms with Crippen LogP contribution in [0.15, 0.2) is 41.3 Å². The fraction of sp³-hybridized carbons (Fsp3) is 0.367. The number of piperazine rings is 1. The third-order valence-electron chi connectivity index (χ3n) is 7.11. The molecule has 220 valence electrons. The molecule has 12 heteroatoms. The number of rotatable bonds is 3. The SMILES string of the molecule is Cc1ccnc(C)c1-n1c(=O)nc(N2CCN(C(=O)OC(C)(C)C)C[C@@H]2C)c2cc(F)c(-c3c(O)cccc3F)nc21. The Bertz CT molecular complexity index is 1730. The number of benzene rings is 1. The van der Waals surface area contributed by atoms with E-state index in [1.54, 1.807) is 51.8 Å². The molecule has 42 heavy (non-hydrogen) atoms. The summed E-state index contributed by atoms with van der Waals surface area (Å²) in [6.07, 6.45) is 1.15. The summed E-state index contributed by atoms with van der Waals surface area (Å²) >= 11 is 0. The molecular formula is C30H32F2N6O4. The molecule has 0 spiro atoms. The van der Waals surface area contributed by atoms with Gasteiger partial charge in [-0.2, -0.15) is 4.98 Å². The number of carbonyl (C=O) groups excluding carboxylic acids is 1. The fourth-order valence-corrected chi connectivity index (χ4v) is 5.24. The first kappa shape index (κ1) is 28.9. The first-order valence-electron chi connectivity index (χ1n) is 13.5. The lowest BCUT2D eigenvalue weighted by molar-refractivity contribution is 0.0218. The van der Waals surface area contributed by atoms with Gasteiger partial charge in [0.1, 0.15) is 28.7 Å². The average molecular weight is 579 g/mol. The number of aromatic hydroxyl groups is 1. The van der Waals surface area contributed by atoms with Crippen LogP contribution in [-0.4, -0.2) is 66.9 Å². The molecule has 5 rings (SSSR count). The van der Waals surface area contributed by atoms with Crippen LogP contribution in [0, 0.1) is 25.5 Å². The average Bonchev–Trinajstić information content (AvgIpc) is 2.89. The molecule has 1 fully saturated rings. The van der Waals surface area contributed by atoms with E-state index >= 15 is 4.39 Å². The second kappa shape index (κ2) is 10.7. The first-order valence-corrected chi connectivity index (χ1v) is 13.5. The number of nitrogens with zero attached hydrogens (tertiary/aromatic N) is 6. The molecule has 0 saturated carbocycles. The minimum atomic E-state index is -0.907. The number of pyridine rings is 2. The maximum atomic E-state index is 15.8. The van der Waals surface area contributed by atoms with E-state index < -0.39 is 46.0 Å². The molecule has 1 saturated heterocycles. The van der Waals surface area contributed by atoms with E-state index in [9.17, 15) is 19.1 Å². The number of phenols is 1. The van der Waals surface area contributed by atoms with Gasteiger partial charge in [-0.05, 0) is 71.4 Å². The molecule has 0 radical (unpaired) electrons. The van der Waals surface area contributed by atoms with Gasteiger partial charge >= 0.3 is 11.8 Å². The van der Waals surface area contributed by atoms with Crippen LogP contribution in [0.4, 0.5) is 19.4 Å². The van der Waals surface area contributed by atoms with E-state index in [1.807, 2.05) is 11.8 Å². The van der Waals surface area contributed by atoms with E-state index in [1.165, 1.54) is 16.7 Å². The molecule has 1 aliphatic rings. The zero-order chi connectivity index (χ0) is 30.5. The molecule has 0 unspecified atom stereocenters. The Morgan fingerprint density at radius 3 is 2.48 bits per heavy atom. The number of amides is 1. The standard InChI is InChI=1S/C30H32F2N6O4/c1-16-10-11-33-18(3)25(16)38-27-19(14-21(32)24(34-27)23-20(31)8-7-9-22(23)39)26(35-28(38)40)37-13-12-36(15-17(37)2)29(41)42-30(4,5)6/h7-11,14,17,39H,12-13,15H2,1-6H3/t17-/m0/s1. The highest BCUT2D eigenvalue weighted by molar-refractivity contribution is 5.91. The molecule has 10 nitrogen and oxygen atoms in total. The minimum Gasteiger partial charge on any atom is -0.507 e. The zero-order valence-corrected chi connectivity index (χ0v) is 24.3. The Labute approximate surface area is 241 Å². The van der Waals surface area contributed by atoms with Crippen LogP contribution in [0.25, 0.3) is 28.0 Å². The van der Waals surface area contributed by atoms with Crippen molar-refractivity contribution >= 4 is 22.9 Å². The van der Waals surface area contributed by atoms with Crippen LogP contribution in [-0.2, 0) is 4.74 Å². The number of anilines is 1. The summed E-state index contributed by atoms with van der Waals surface area (Å²) in [5.41, 5.74) is -0.590. The lowest BCUT2D eigenvalue weighted by atomic mass is 10.1. The molecule has 4 heterocycles. The van der Waals surface area contributed by atoms with Gasteiger partial charge in [-0.1, -0.05) is 6.07 Å². The topological polar surface area (TPSA) is 114 Å². The van der Waals surface area contributed by atoms with Crippen molar-refractivity contribution in [1.82, 2.24) is 24.4 Å². The van der Waals surface area contributed by atoms with Gasteiger partial charge in [0.25, 0.3) is 0 Å². The number of aryl methyl sites for hydroxylation is 2. The highest BCUT2D eigenvalue weighted by Crippen LogP contribution is 2.36. The van der Waals surface area contributed by atoms with Crippen molar-refractivity contribution in [3.8, 4) is 22.7 Å². The summed E-state index contributed by atoms with van der Waals surface area (Å²) in [6.45, 7) is 11.6. The normalized spacial score (nSPS) is 15.8. The van der Waals surface area contributed by atoms with E-state index in [4.69, 9.17) is 4.74 Å². The van der Waals surface area contributed by atoms with Crippen molar-refractivity contribution in [3.63, 3.8) is 0 Å². The maximum Gasteiger partial charge on any atom is 0.410 e. The van der Waals surface area contributed by atoms with Gasteiger partial charge in [0, 0.05) is 31.9 Å². The molecule has 0 aliphatic carbocycles. The van der Waals surface area contributed by atoms with E-state index in [0.29, 0.717) is 16.9 Å². The summed E-state index contributed by atoms with van der Waals surface area (Å²) in [5, 5.41) is 10.6. The Hall–Kier alpha value is -4.61. The van der Waals surface area contributed by atoms with Crippen molar-refractivity contribution in [3.05, 3.63) is 69.9 Å². The molecule has 3 aromatic heterocycles. The maximum absolute atomic E-state index is 15.8. The fourth-order valence-electron chi connectivity index (χ4n) is 5.24. The van der Waals surface area contributed by atoms with E-state index in [0.717, 1.165) is 12.1 Å². The lowest BCUT2D eigenvalue weighted by Crippen LogP contribution is -2.55. The number of ether oxygens (including phenoxy) is 1. The van der Waals surface area contributed by atoms with Gasteiger partial charge in [-0.3, -0.25) is 4.98 Å². The van der Waals surface area contributed by atoms with Crippen LogP contribution in [0.5, 0.6) is 5.75 Å². The second-order valence-corrected chi connectivity index (χ2v) is 11.4. The van der Waals surface area contributed by atoms with Crippen molar-refractivity contribution in [1.29, 1.82) is 0 Å². The molecule has 1 amide bonds. The second-order valence-electron chi connectivity index (χ2n) is 11.4. The van der Waals surface area contributed by atoms with Gasteiger partial charge in [-0.15, -0.1) is 0 Å². The number of carbonyl (C=O) groups is 1. The minimum absolute atomic E-state index is 0.0185. The number of fused-ring (bicyclic) bond motifs is 1. The van der Waals surface area contributed by atoms with Gasteiger partial charge < -0.3 is 19.6 Å². The molecule has 4 aromatic rings. The van der Waals surface area contributed by atoms with Crippen LogP contribution < -0.4 is 10.6 Å². The number of hydrogen-bond donors (Lipinski definition) is 1. The summed E-state index contributed by atoms with van der Waals surface area (Å²) in [7, 11) is 0. The van der Waals surface area contributed by atoms with E-state index in [2.05, 4.69) is 15.0 Å². The van der Waals surface area contributed by atoms with Gasteiger partial charge in [0.2, 0.25) is 0 Å². The van der Waals surface area contributed by atoms with E-state index in [-0.39, 0.29) is 42.5 Å². The zero-order valence-electron chi connectivity index (χ0n) is 24.3. The van der Waals surface area contributed by atoms with Crippen molar-refractivity contribution < 1.29 is 23.4 Å². The van der Waals surface area contributed by atoms with Gasteiger partial charge in [0.05, 0.1) is 22.3 Å². The number of halogens is 2. The van der Waals surface area contributed by atoms with Crippen LogP contribution >= 0.6 is 0 Å². The largest absolute Gasteiger partial charge is 0.507 e. The van der Waals surface area contributed by atoms with Crippen molar-refractivity contribution in [2.45, 2.75) is 53.2 Å². The monoisotopic (exact) mass is 578 g/mol. The summed E-state index contributed by atoms with van der Waals surface area (Å²) < 4.78 is 37.4. The molecule has 1 aromatic carbocycles.